The second kappa shape index (κ2) is 6.00. The number of anilines is 2. The highest BCUT2D eigenvalue weighted by molar-refractivity contribution is 9.10. The van der Waals surface area contributed by atoms with Crippen LogP contribution in [0.15, 0.2) is 33.6 Å². The first kappa shape index (κ1) is 16.4. The molecule has 112 valence electrons. The van der Waals surface area contributed by atoms with Crippen molar-refractivity contribution >= 4 is 60.5 Å². The molecule has 5 nitrogen and oxygen atoms in total. The second-order valence-corrected chi connectivity index (χ2v) is 7.47. The van der Waals surface area contributed by atoms with Crippen molar-refractivity contribution in [3.8, 4) is 0 Å². The number of aryl methyl sites for hydroxylation is 1. The summed E-state index contributed by atoms with van der Waals surface area (Å²) in [6.45, 7) is 1.67. The molecular formula is C12H10BrCl2N3O2S. The zero-order valence-electron chi connectivity index (χ0n) is 10.7. The minimum Gasteiger partial charge on any atom is -0.399 e. The molecule has 2 aromatic rings. The van der Waals surface area contributed by atoms with Crippen LogP contribution in [0.1, 0.15) is 5.56 Å². The quantitative estimate of drug-likeness (QED) is 0.594. The first-order chi connectivity index (χ1) is 9.70. The van der Waals surface area contributed by atoms with Crippen molar-refractivity contribution in [2.24, 2.45) is 0 Å². The number of hydrogen-bond donors (Lipinski definition) is 2. The van der Waals surface area contributed by atoms with E-state index in [4.69, 9.17) is 28.9 Å². The third-order valence-electron chi connectivity index (χ3n) is 2.62. The minimum atomic E-state index is -3.87. The molecule has 1 heterocycles. The fourth-order valence-electron chi connectivity index (χ4n) is 1.63. The molecule has 0 saturated heterocycles. The lowest BCUT2D eigenvalue weighted by molar-refractivity contribution is 0.600. The van der Waals surface area contributed by atoms with Crippen molar-refractivity contribution in [2.45, 2.75) is 11.8 Å². The van der Waals surface area contributed by atoms with Gasteiger partial charge in [-0.2, -0.15) is 0 Å². The maximum atomic E-state index is 12.4. The number of nitrogens with zero attached hydrogens (tertiary/aromatic N) is 1. The summed E-state index contributed by atoms with van der Waals surface area (Å²) in [5.74, 6) is 0. The number of rotatable bonds is 3. The molecule has 0 radical (unpaired) electrons. The molecule has 0 aliphatic rings. The van der Waals surface area contributed by atoms with Gasteiger partial charge in [-0.3, -0.25) is 4.72 Å². The van der Waals surface area contributed by atoms with Crippen LogP contribution in [0.2, 0.25) is 10.3 Å². The van der Waals surface area contributed by atoms with Crippen molar-refractivity contribution in [3.05, 3.63) is 44.6 Å². The van der Waals surface area contributed by atoms with E-state index >= 15 is 0 Å². The van der Waals surface area contributed by atoms with E-state index in [0.29, 0.717) is 15.7 Å². The molecule has 9 heteroatoms. The Morgan fingerprint density at radius 1 is 1.29 bits per heavy atom. The highest BCUT2D eigenvalue weighted by Crippen LogP contribution is 2.31. The van der Waals surface area contributed by atoms with Gasteiger partial charge < -0.3 is 5.73 Å². The lowest BCUT2D eigenvalue weighted by Crippen LogP contribution is -2.15. The molecule has 21 heavy (non-hydrogen) atoms. The Kier molecular flexibility index (Phi) is 4.67. The normalized spacial score (nSPS) is 11.4. The molecule has 0 saturated carbocycles. The lowest BCUT2D eigenvalue weighted by Gasteiger charge is -2.13. The highest BCUT2D eigenvalue weighted by Gasteiger charge is 2.21. The summed E-state index contributed by atoms with van der Waals surface area (Å²) in [5.41, 5.74) is 6.69. The lowest BCUT2D eigenvalue weighted by atomic mass is 10.3. The molecule has 0 spiro atoms. The van der Waals surface area contributed by atoms with Crippen LogP contribution >= 0.6 is 39.1 Å². The number of halogens is 3. The van der Waals surface area contributed by atoms with E-state index in [-0.39, 0.29) is 20.9 Å². The van der Waals surface area contributed by atoms with Crippen LogP contribution in [0.5, 0.6) is 0 Å². The largest absolute Gasteiger partial charge is 0.399 e. The Morgan fingerprint density at radius 2 is 1.95 bits per heavy atom. The maximum absolute atomic E-state index is 12.4. The van der Waals surface area contributed by atoms with Gasteiger partial charge in [0.05, 0.1) is 5.69 Å². The molecule has 0 unspecified atom stereocenters. The Morgan fingerprint density at radius 3 is 2.57 bits per heavy atom. The molecule has 1 aromatic heterocycles. The van der Waals surface area contributed by atoms with E-state index in [1.54, 1.807) is 19.1 Å². The second-order valence-electron chi connectivity index (χ2n) is 4.22. The van der Waals surface area contributed by atoms with Crippen molar-refractivity contribution in [1.29, 1.82) is 0 Å². The number of pyridine rings is 1. The summed E-state index contributed by atoms with van der Waals surface area (Å²) >= 11 is 14.9. The van der Waals surface area contributed by atoms with Crippen LogP contribution in [-0.4, -0.2) is 13.4 Å². The van der Waals surface area contributed by atoms with Crippen LogP contribution < -0.4 is 10.5 Å². The molecule has 0 fully saturated rings. The van der Waals surface area contributed by atoms with Gasteiger partial charge in [-0.25, -0.2) is 13.4 Å². The fourth-order valence-corrected chi connectivity index (χ4v) is 4.41. The summed E-state index contributed by atoms with van der Waals surface area (Å²) in [6.07, 6.45) is 0. The molecule has 0 bridgehead atoms. The fraction of sp³-hybridized carbons (Fsp3) is 0.0833. The zero-order valence-corrected chi connectivity index (χ0v) is 14.6. The molecule has 0 atom stereocenters. The van der Waals surface area contributed by atoms with Gasteiger partial charge >= 0.3 is 0 Å². The van der Waals surface area contributed by atoms with Gasteiger partial charge in [0.15, 0.2) is 5.15 Å². The van der Waals surface area contributed by atoms with E-state index in [9.17, 15) is 8.42 Å². The van der Waals surface area contributed by atoms with Crippen molar-refractivity contribution in [3.63, 3.8) is 0 Å². The Bertz CT molecular complexity index is 789. The van der Waals surface area contributed by atoms with E-state index < -0.39 is 10.0 Å². The predicted octanol–water partition coefficient (Wildman–Crippen LogP) is 3.84. The number of sulfonamides is 1. The topological polar surface area (TPSA) is 85.1 Å². The SMILES string of the molecule is Cc1cc(Cl)nc(Cl)c1NS(=O)(=O)c1cc(N)ccc1Br. The first-order valence-electron chi connectivity index (χ1n) is 5.61. The molecule has 0 amide bonds. The van der Waals surface area contributed by atoms with Crippen LogP contribution in [0, 0.1) is 6.92 Å². The maximum Gasteiger partial charge on any atom is 0.263 e. The molecular weight excluding hydrogens is 401 g/mol. The number of benzene rings is 1. The molecule has 3 N–H and O–H groups in total. The van der Waals surface area contributed by atoms with Gasteiger partial charge in [0, 0.05) is 10.2 Å². The van der Waals surface area contributed by atoms with Crippen LogP contribution in [0.4, 0.5) is 11.4 Å². The van der Waals surface area contributed by atoms with Crippen LogP contribution in [-0.2, 0) is 10.0 Å². The number of nitrogens with two attached hydrogens (primary N) is 1. The number of aromatic nitrogens is 1. The Balaban J connectivity index is 2.50. The van der Waals surface area contributed by atoms with E-state index in [2.05, 4.69) is 25.6 Å². The van der Waals surface area contributed by atoms with Crippen molar-refractivity contribution in [2.75, 3.05) is 10.5 Å². The van der Waals surface area contributed by atoms with Crippen molar-refractivity contribution < 1.29 is 8.42 Å². The standard InChI is InChI=1S/C12H10BrCl2N3O2S/c1-6-4-10(14)17-12(15)11(6)18-21(19,20)9-5-7(16)2-3-8(9)13/h2-5,18H,16H2,1H3. The Hall–Kier alpha value is -1.02. The zero-order chi connectivity index (χ0) is 15.8. The van der Waals surface area contributed by atoms with Gasteiger partial charge in [-0.05, 0) is 52.7 Å². The van der Waals surface area contributed by atoms with Crippen LogP contribution in [0.3, 0.4) is 0 Å². The smallest absolute Gasteiger partial charge is 0.263 e. The van der Waals surface area contributed by atoms with Gasteiger partial charge in [0.25, 0.3) is 10.0 Å². The summed E-state index contributed by atoms with van der Waals surface area (Å²) in [7, 11) is -3.87. The molecule has 2 rings (SSSR count). The molecule has 0 aliphatic carbocycles. The summed E-state index contributed by atoms with van der Waals surface area (Å²) in [6, 6.07) is 6.00. The average molecular weight is 411 g/mol. The number of nitrogens with one attached hydrogen (secondary N) is 1. The van der Waals surface area contributed by atoms with Gasteiger partial charge in [-0.1, -0.05) is 23.2 Å². The number of hydrogen-bond acceptors (Lipinski definition) is 4. The summed E-state index contributed by atoms with van der Waals surface area (Å²) in [5, 5.41) is 0.161. The van der Waals surface area contributed by atoms with Crippen molar-refractivity contribution in [1.82, 2.24) is 4.98 Å². The van der Waals surface area contributed by atoms with E-state index in [1.807, 2.05) is 0 Å². The van der Waals surface area contributed by atoms with Gasteiger partial charge in [0.2, 0.25) is 0 Å². The third kappa shape index (κ3) is 3.60. The van der Waals surface area contributed by atoms with Gasteiger partial charge in [0.1, 0.15) is 10.0 Å². The number of nitrogen functional groups attached to an aromatic ring is 1. The monoisotopic (exact) mass is 409 g/mol. The highest BCUT2D eigenvalue weighted by atomic mass is 79.9. The Labute approximate surface area is 140 Å². The van der Waals surface area contributed by atoms with Crippen LogP contribution in [0.25, 0.3) is 0 Å². The third-order valence-corrected chi connectivity index (χ3v) is 5.43. The predicted molar refractivity (Wildman–Crippen MR) is 88.4 cm³/mol. The average Bonchev–Trinajstić information content (AvgIpc) is 2.36. The minimum absolute atomic E-state index is 0.00733. The molecule has 0 aliphatic heterocycles. The van der Waals surface area contributed by atoms with E-state index in [0.717, 1.165) is 0 Å². The summed E-state index contributed by atoms with van der Waals surface area (Å²) in [4.78, 5) is 3.83. The molecule has 1 aromatic carbocycles. The van der Waals surface area contributed by atoms with E-state index in [1.165, 1.54) is 12.1 Å². The summed E-state index contributed by atoms with van der Waals surface area (Å²) < 4.78 is 27.7. The first-order valence-corrected chi connectivity index (χ1v) is 8.64. The van der Waals surface area contributed by atoms with Gasteiger partial charge in [-0.15, -0.1) is 0 Å².